The number of carboxylic acid groups (broad SMARTS) is 1. The first kappa shape index (κ1) is 19.4. The minimum Gasteiger partial charge on any atom is -0.506 e. The number of aromatic hydroxyl groups is 1. The lowest BCUT2D eigenvalue weighted by atomic mass is 10.0. The molecule has 0 bridgehead atoms. The minimum absolute atomic E-state index is 0.111. The summed E-state index contributed by atoms with van der Waals surface area (Å²) in [5.41, 5.74) is -1.68. The summed E-state index contributed by atoms with van der Waals surface area (Å²) < 4.78 is 5.19. The highest BCUT2D eigenvalue weighted by Crippen LogP contribution is 2.37. The summed E-state index contributed by atoms with van der Waals surface area (Å²) in [5, 5.41) is 28.7. The molecule has 0 heterocycles. The lowest BCUT2D eigenvalue weighted by Gasteiger charge is -2.25. The van der Waals surface area contributed by atoms with Crippen LogP contribution in [0.25, 0.3) is 0 Å². The van der Waals surface area contributed by atoms with Crippen LogP contribution in [0.5, 0.6) is 5.75 Å². The maximum absolute atomic E-state index is 12.2. The molecule has 9 heteroatoms. The van der Waals surface area contributed by atoms with Crippen LogP contribution in [0.1, 0.15) is 31.9 Å². The van der Waals surface area contributed by atoms with Crippen LogP contribution in [0.15, 0.2) is 10.5 Å². The number of ether oxygens (including phenoxy) is 1. The topological polar surface area (TPSA) is 128 Å². The van der Waals surface area contributed by atoms with E-state index in [2.05, 4.69) is 15.9 Å². The third-order valence-corrected chi connectivity index (χ3v) is 3.45. The normalized spacial score (nSPS) is 10.6. The van der Waals surface area contributed by atoms with Crippen molar-refractivity contribution in [2.75, 3.05) is 4.90 Å². The summed E-state index contributed by atoms with van der Waals surface area (Å²) in [5.74, 6) is -0.580. The maximum atomic E-state index is 12.2. The van der Waals surface area contributed by atoms with E-state index in [0.29, 0.717) is 6.29 Å². The Morgan fingerprint density at radius 2 is 2.04 bits per heavy atom. The third kappa shape index (κ3) is 4.23. The van der Waals surface area contributed by atoms with Gasteiger partial charge in [0.05, 0.1) is 5.69 Å². The molecule has 24 heavy (non-hydrogen) atoms. The summed E-state index contributed by atoms with van der Waals surface area (Å²) in [7, 11) is 0. The zero-order valence-corrected chi connectivity index (χ0v) is 14.7. The molecule has 0 fully saturated rings. The van der Waals surface area contributed by atoms with E-state index in [1.54, 1.807) is 26.8 Å². The van der Waals surface area contributed by atoms with Gasteiger partial charge in [0, 0.05) is 16.5 Å². The van der Waals surface area contributed by atoms with Crippen LogP contribution in [0, 0.1) is 11.3 Å². The number of nitriles is 1. The van der Waals surface area contributed by atoms with Crippen molar-refractivity contribution in [3.8, 4) is 11.8 Å². The summed E-state index contributed by atoms with van der Waals surface area (Å²) in [4.78, 5) is 34.6. The van der Waals surface area contributed by atoms with Crippen LogP contribution >= 0.6 is 15.9 Å². The van der Waals surface area contributed by atoms with Crippen molar-refractivity contribution in [1.82, 2.24) is 0 Å². The number of carbonyl (C=O) groups excluding carboxylic acids is 2. The number of anilines is 1. The zero-order chi connectivity index (χ0) is 18.7. The lowest BCUT2D eigenvalue weighted by Crippen LogP contribution is -2.40. The van der Waals surface area contributed by atoms with Crippen molar-refractivity contribution >= 4 is 40.1 Å². The fourth-order valence-corrected chi connectivity index (χ4v) is 2.38. The third-order valence-electron chi connectivity index (χ3n) is 2.74. The highest BCUT2D eigenvalue weighted by Gasteiger charge is 2.32. The van der Waals surface area contributed by atoms with E-state index in [0.717, 1.165) is 6.07 Å². The van der Waals surface area contributed by atoms with Crippen molar-refractivity contribution < 1.29 is 29.3 Å². The van der Waals surface area contributed by atoms with Crippen molar-refractivity contribution in [3.05, 3.63) is 21.7 Å². The molecule has 1 rings (SSSR count). The first-order valence-corrected chi connectivity index (χ1v) is 7.46. The van der Waals surface area contributed by atoms with Gasteiger partial charge in [-0.15, -0.1) is 0 Å². The average molecular weight is 399 g/mol. The Morgan fingerprint density at radius 1 is 1.46 bits per heavy atom. The molecular weight excluding hydrogens is 384 g/mol. The number of aldehydes is 1. The van der Waals surface area contributed by atoms with Crippen LogP contribution in [0.3, 0.4) is 0 Å². The predicted octanol–water partition coefficient (Wildman–Crippen LogP) is 3.19. The van der Waals surface area contributed by atoms with Crippen LogP contribution in [0.4, 0.5) is 15.3 Å². The first-order valence-electron chi connectivity index (χ1n) is 6.67. The molecule has 0 aliphatic rings. The monoisotopic (exact) mass is 398 g/mol. The number of hydrogen-bond acceptors (Lipinski definition) is 6. The van der Waals surface area contributed by atoms with Crippen LogP contribution in [0.2, 0.25) is 0 Å². The second kappa shape index (κ2) is 7.31. The molecule has 0 atom stereocenters. The fraction of sp³-hybridized carbons (Fsp3) is 0.333. The molecule has 2 N–H and O–H groups in total. The summed E-state index contributed by atoms with van der Waals surface area (Å²) >= 11 is 3.09. The molecule has 0 spiro atoms. The van der Waals surface area contributed by atoms with Gasteiger partial charge < -0.3 is 19.7 Å². The van der Waals surface area contributed by atoms with E-state index >= 15 is 0 Å². The van der Waals surface area contributed by atoms with Crippen molar-refractivity contribution in [3.63, 3.8) is 0 Å². The second-order valence-corrected chi connectivity index (χ2v) is 6.51. The highest BCUT2D eigenvalue weighted by atomic mass is 79.9. The van der Waals surface area contributed by atoms with Crippen LogP contribution in [-0.4, -0.2) is 34.3 Å². The number of rotatable bonds is 3. The smallest absolute Gasteiger partial charge is 0.424 e. The second-order valence-electron chi connectivity index (χ2n) is 5.66. The van der Waals surface area contributed by atoms with E-state index in [-0.39, 0.29) is 27.0 Å². The molecule has 0 saturated heterocycles. The molecule has 1 aromatic rings. The molecule has 8 nitrogen and oxygen atoms in total. The van der Waals surface area contributed by atoms with Crippen LogP contribution in [-0.2, 0) is 16.0 Å². The Morgan fingerprint density at radius 3 is 2.46 bits per heavy atom. The molecule has 0 saturated carbocycles. The van der Waals surface area contributed by atoms with E-state index in [1.165, 1.54) is 0 Å². The number of imide groups is 1. The number of carbonyl (C=O) groups is 3. The molecule has 128 valence electrons. The van der Waals surface area contributed by atoms with Crippen LogP contribution < -0.4 is 4.90 Å². The summed E-state index contributed by atoms with van der Waals surface area (Å²) in [6.45, 7) is 4.66. The minimum atomic E-state index is -1.69. The van der Waals surface area contributed by atoms with Gasteiger partial charge in [-0.05, 0) is 26.8 Å². The molecule has 0 radical (unpaired) electrons. The van der Waals surface area contributed by atoms with Gasteiger partial charge in [-0.25, -0.2) is 9.59 Å². The van der Waals surface area contributed by atoms with Gasteiger partial charge in [-0.2, -0.15) is 10.2 Å². The molecule has 0 unspecified atom stereocenters. The number of halogens is 1. The molecule has 0 aliphatic carbocycles. The van der Waals surface area contributed by atoms with E-state index in [4.69, 9.17) is 4.74 Å². The van der Waals surface area contributed by atoms with Crippen molar-refractivity contribution in [1.29, 1.82) is 5.26 Å². The number of phenolic OH excluding ortho intramolecular Hbond substituents is 1. The standard InChI is InChI=1S/C15H15BrN2O6/c1-15(2,3)24-14(23)18(13(21)22)11-6-10(16)8(4-5-19)12(20)9(11)7-17/h5-6,20H,4H2,1-3H3,(H,21,22). The Kier molecular flexibility index (Phi) is 5.93. The van der Waals surface area contributed by atoms with Gasteiger partial charge in [0.1, 0.15) is 29.3 Å². The fourth-order valence-electron chi connectivity index (χ4n) is 1.82. The largest absolute Gasteiger partial charge is 0.506 e. The van der Waals surface area contributed by atoms with Gasteiger partial charge in [-0.1, -0.05) is 15.9 Å². The van der Waals surface area contributed by atoms with E-state index < -0.39 is 29.1 Å². The zero-order valence-electron chi connectivity index (χ0n) is 13.2. The van der Waals surface area contributed by atoms with Gasteiger partial charge >= 0.3 is 12.2 Å². The lowest BCUT2D eigenvalue weighted by molar-refractivity contribution is -0.107. The molecule has 2 amide bonds. The predicted molar refractivity (Wildman–Crippen MR) is 87.0 cm³/mol. The van der Waals surface area contributed by atoms with Gasteiger partial charge in [-0.3, -0.25) is 0 Å². The Labute approximate surface area is 146 Å². The first-order chi connectivity index (χ1) is 11.0. The summed E-state index contributed by atoms with van der Waals surface area (Å²) in [6, 6.07) is 2.81. The van der Waals surface area contributed by atoms with Crippen molar-refractivity contribution in [2.24, 2.45) is 0 Å². The van der Waals surface area contributed by atoms with Crippen molar-refractivity contribution in [2.45, 2.75) is 32.8 Å². The maximum Gasteiger partial charge on any atom is 0.424 e. The number of amides is 2. The Balaban J connectivity index is 3.56. The van der Waals surface area contributed by atoms with E-state index in [1.807, 2.05) is 0 Å². The quantitative estimate of drug-likeness (QED) is 0.747. The molecular formula is C15H15BrN2O6. The number of hydrogen-bond donors (Lipinski definition) is 2. The average Bonchev–Trinajstić information content (AvgIpc) is 2.41. The number of benzene rings is 1. The molecule has 0 aromatic heterocycles. The Hall–Kier alpha value is -2.60. The highest BCUT2D eigenvalue weighted by molar-refractivity contribution is 9.10. The number of nitrogens with zero attached hydrogens (tertiary/aromatic N) is 2. The van der Waals surface area contributed by atoms with Gasteiger partial charge in [0.15, 0.2) is 0 Å². The number of phenols is 1. The SMILES string of the molecule is CC(C)(C)OC(=O)N(C(=O)O)c1cc(Br)c(CC=O)c(O)c1C#N. The van der Waals surface area contributed by atoms with Gasteiger partial charge in [0.2, 0.25) is 0 Å². The Bertz CT molecular complexity index is 733. The molecule has 0 aliphatic heterocycles. The van der Waals surface area contributed by atoms with E-state index in [9.17, 15) is 29.9 Å². The van der Waals surface area contributed by atoms with Gasteiger partial charge in [0.25, 0.3) is 0 Å². The summed E-state index contributed by atoms with van der Waals surface area (Å²) in [6.07, 6.45) is -2.58. The molecule has 1 aromatic carbocycles.